The summed E-state index contributed by atoms with van der Waals surface area (Å²) in [5.74, 6) is 0.237. The van der Waals surface area contributed by atoms with E-state index in [4.69, 9.17) is 9.84 Å². The second kappa shape index (κ2) is 8.53. The zero-order chi connectivity index (χ0) is 16.7. The van der Waals surface area contributed by atoms with Crippen LogP contribution in [0.1, 0.15) is 31.2 Å². The van der Waals surface area contributed by atoms with Gasteiger partial charge in [-0.25, -0.2) is 4.79 Å². The van der Waals surface area contributed by atoms with Crippen molar-refractivity contribution in [2.45, 2.75) is 38.3 Å². The van der Waals surface area contributed by atoms with E-state index in [2.05, 4.69) is 18.5 Å². The number of para-hydroxylation sites is 1. The van der Waals surface area contributed by atoms with Gasteiger partial charge in [-0.2, -0.15) is 0 Å². The minimum Gasteiger partial charge on any atom is -0.482 e. The number of carboxylic acids is 1. The van der Waals surface area contributed by atoms with E-state index < -0.39 is 5.97 Å². The summed E-state index contributed by atoms with van der Waals surface area (Å²) in [4.78, 5) is 10.6. The Morgan fingerprint density at radius 2 is 2.00 bits per heavy atom. The van der Waals surface area contributed by atoms with Crippen molar-refractivity contribution in [1.82, 2.24) is 5.32 Å². The summed E-state index contributed by atoms with van der Waals surface area (Å²) < 4.78 is 5.34. The quantitative estimate of drug-likeness (QED) is 0.720. The average molecular weight is 315 g/mol. The molecular weight excluding hydrogens is 290 g/mol. The molecule has 0 aliphatic heterocycles. The van der Waals surface area contributed by atoms with Crippen LogP contribution < -0.4 is 10.1 Å². The number of rotatable bonds is 8. The van der Waals surface area contributed by atoms with Crippen LogP contribution in [0.4, 0.5) is 0 Å². The summed E-state index contributed by atoms with van der Waals surface area (Å²) in [7, 11) is 0. The van der Waals surface area contributed by atoms with Gasteiger partial charge in [-0.15, -0.1) is 0 Å². The van der Waals surface area contributed by atoms with Crippen LogP contribution in [0.5, 0.6) is 5.75 Å². The van der Waals surface area contributed by atoms with E-state index in [1.165, 1.54) is 0 Å². The van der Waals surface area contributed by atoms with Gasteiger partial charge in [0.2, 0.25) is 0 Å². The van der Waals surface area contributed by atoms with E-state index in [0.29, 0.717) is 24.3 Å². The Hall–Kier alpha value is -2.07. The maximum absolute atomic E-state index is 10.6. The lowest BCUT2D eigenvalue weighted by Gasteiger charge is -2.29. The number of carbonyl (C=O) groups is 1. The highest BCUT2D eigenvalue weighted by molar-refractivity contribution is 5.68. The van der Waals surface area contributed by atoms with Crippen LogP contribution in [-0.2, 0) is 11.3 Å². The van der Waals surface area contributed by atoms with Gasteiger partial charge in [0.05, 0.1) is 0 Å². The Balaban J connectivity index is 1.84. The van der Waals surface area contributed by atoms with Gasteiger partial charge < -0.3 is 15.2 Å². The Kier molecular flexibility index (Phi) is 6.41. The average Bonchev–Trinajstić information content (AvgIpc) is 2.58. The van der Waals surface area contributed by atoms with Crippen molar-refractivity contribution >= 4 is 5.97 Å². The second-order valence-corrected chi connectivity index (χ2v) is 6.00. The van der Waals surface area contributed by atoms with E-state index in [-0.39, 0.29) is 6.61 Å². The number of hydrogen-bond donors (Lipinski definition) is 2. The van der Waals surface area contributed by atoms with E-state index in [0.717, 1.165) is 36.8 Å². The molecule has 2 rings (SSSR count). The third-order valence-corrected chi connectivity index (χ3v) is 4.42. The number of nitrogens with one attached hydrogen (secondary N) is 1. The number of carboxylic acid groups (broad SMARTS) is 1. The molecule has 4 nitrogen and oxygen atoms in total. The molecule has 0 saturated heterocycles. The molecule has 0 spiro atoms. The predicted molar refractivity (Wildman–Crippen MR) is 91.5 cm³/mol. The Bertz CT molecular complexity index is 559. The summed E-state index contributed by atoms with van der Waals surface area (Å²) in [6, 6.07) is 8.05. The lowest BCUT2D eigenvalue weighted by molar-refractivity contribution is -0.139. The minimum absolute atomic E-state index is 0.314. The first-order valence-electron chi connectivity index (χ1n) is 8.07. The molecule has 23 heavy (non-hydrogen) atoms. The van der Waals surface area contributed by atoms with Crippen LogP contribution in [0, 0.1) is 5.92 Å². The van der Waals surface area contributed by atoms with Gasteiger partial charge in [-0.3, -0.25) is 0 Å². The Labute approximate surface area is 137 Å². The summed E-state index contributed by atoms with van der Waals surface area (Å²) in [5.41, 5.74) is 2.14. The topological polar surface area (TPSA) is 58.6 Å². The zero-order valence-electron chi connectivity index (χ0n) is 13.5. The fourth-order valence-electron chi connectivity index (χ4n) is 3.02. The number of allylic oxidation sites excluding steroid dienone is 2. The second-order valence-electron chi connectivity index (χ2n) is 6.00. The van der Waals surface area contributed by atoms with E-state index >= 15 is 0 Å². The van der Waals surface area contributed by atoms with Crippen molar-refractivity contribution in [3.8, 4) is 5.75 Å². The van der Waals surface area contributed by atoms with Crippen molar-refractivity contribution in [2.24, 2.45) is 5.92 Å². The van der Waals surface area contributed by atoms with Crippen LogP contribution in [0.25, 0.3) is 0 Å². The summed E-state index contributed by atoms with van der Waals surface area (Å²) in [6.45, 7) is 8.23. The van der Waals surface area contributed by atoms with Gasteiger partial charge in [0, 0.05) is 18.2 Å². The number of aliphatic carboxylic acids is 1. The highest BCUT2D eigenvalue weighted by Gasteiger charge is 2.21. The van der Waals surface area contributed by atoms with Gasteiger partial charge in [0.25, 0.3) is 0 Å². The van der Waals surface area contributed by atoms with Crippen LogP contribution in [0.2, 0.25) is 0 Å². The third kappa shape index (κ3) is 5.25. The first-order chi connectivity index (χ1) is 11.1. The van der Waals surface area contributed by atoms with E-state index in [1.807, 2.05) is 30.3 Å². The number of hydrogen-bond acceptors (Lipinski definition) is 3. The van der Waals surface area contributed by atoms with Crippen molar-refractivity contribution in [3.05, 3.63) is 54.6 Å². The van der Waals surface area contributed by atoms with Gasteiger partial charge in [-0.1, -0.05) is 43.0 Å². The normalized spacial score (nSPS) is 20.7. The van der Waals surface area contributed by atoms with Crippen LogP contribution in [0.15, 0.2) is 49.1 Å². The first kappa shape index (κ1) is 17.3. The van der Waals surface area contributed by atoms with Gasteiger partial charge in [-0.05, 0) is 37.7 Å². The highest BCUT2D eigenvalue weighted by Crippen LogP contribution is 2.30. The van der Waals surface area contributed by atoms with Crippen molar-refractivity contribution < 1.29 is 14.6 Å². The Morgan fingerprint density at radius 3 is 2.65 bits per heavy atom. The molecule has 0 aromatic heterocycles. The summed E-state index contributed by atoms with van der Waals surface area (Å²) in [6.07, 6.45) is 6.39. The molecule has 1 aromatic carbocycles. The fraction of sp³-hybridized carbons (Fsp3) is 0.421. The van der Waals surface area contributed by atoms with E-state index in [9.17, 15) is 4.79 Å². The molecular formula is C19H25NO3. The SMILES string of the molecule is C=CC(=C)C1CCC(NCc2ccccc2OCC(=O)O)CC1. The maximum Gasteiger partial charge on any atom is 0.341 e. The van der Waals surface area contributed by atoms with Crippen LogP contribution in [-0.4, -0.2) is 23.7 Å². The predicted octanol–water partition coefficient (Wildman–Crippen LogP) is 3.54. The van der Waals surface area contributed by atoms with Gasteiger partial charge in [0.15, 0.2) is 6.61 Å². The molecule has 0 unspecified atom stereocenters. The molecule has 0 radical (unpaired) electrons. The molecule has 0 bridgehead atoms. The third-order valence-electron chi connectivity index (χ3n) is 4.42. The largest absolute Gasteiger partial charge is 0.482 e. The Morgan fingerprint density at radius 1 is 1.30 bits per heavy atom. The zero-order valence-corrected chi connectivity index (χ0v) is 13.5. The summed E-state index contributed by atoms with van der Waals surface area (Å²) >= 11 is 0. The van der Waals surface area contributed by atoms with Crippen molar-refractivity contribution in [3.63, 3.8) is 0 Å². The molecule has 0 atom stereocenters. The standard InChI is InChI=1S/C19H25NO3/c1-3-14(2)15-8-10-17(11-9-15)20-12-16-6-4-5-7-18(16)23-13-19(21)22/h3-7,15,17,20H,1-2,8-13H2,(H,21,22). The van der Waals surface area contributed by atoms with Crippen molar-refractivity contribution in [2.75, 3.05) is 6.61 Å². The summed E-state index contributed by atoms with van der Waals surface area (Å²) in [5, 5.41) is 12.3. The lowest BCUT2D eigenvalue weighted by atomic mass is 9.82. The molecule has 0 heterocycles. The molecule has 1 aromatic rings. The number of ether oxygens (including phenoxy) is 1. The molecule has 0 amide bonds. The highest BCUT2D eigenvalue weighted by atomic mass is 16.5. The monoisotopic (exact) mass is 315 g/mol. The molecule has 1 aliphatic rings. The van der Waals surface area contributed by atoms with Crippen LogP contribution >= 0.6 is 0 Å². The van der Waals surface area contributed by atoms with Crippen LogP contribution in [0.3, 0.4) is 0 Å². The van der Waals surface area contributed by atoms with Crippen molar-refractivity contribution in [1.29, 1.82) is 0 Å². The van der Waals surface area contributed by atoms with Gasteiger partial charge in [0.1, 0.15) is 5.75 Å². The molecule has 1 aliphatic carbocycles. The molecule has 2 N–H and O–H groups in total. The minimum atomic E-state index is -0.964. The smallest absolute Gasteiger partial charge is 0.341 e. The van der Waals surface area contributed by atoms with Gasteiger partial charge >= 0.3 is 5.97 Å². The lowest BCUT2D eigenvalue weighted by Crippen LogP contribution is -2.33. The molecule has 124 valence electrons. The molecule has 1 fully saturated rings. The fourth-order valence-corrected chi connectivity index (χ4v) is 3.02. The first-order valence-corrected chi connectivity index (χ1v) is 8.07. The molecule has 1 saturated carbocycles. The molecule has 4 heteroatoms. The number of benzene rings is 1. The van der Waals surface area contributed by atoms with E-state index in [1.54, 1.807) is 0 Å². The maximum atomic E-state index is 10.6.